The number of ether oxygens (including phenoxy) is 1. The number of hydrogen-bond donors (Lipinski definition) is 1. The normalized spacial score (nSPS) is 20.8. The van der Waals surface area contributed by atoms with E-state index in [-0.39, 0.29) is 24.3 Å². The second kappa shape index (κ2) is 11.8. The molecule has 0 aromatic heterocycles. The Morgan fingerprint density at radius 2 is 1.72 bits per heavy atom. The van der Waals surface area contributed by atoms with Gasteiger partial charge in [0.05, 0.1) is 12.2 Å². The molecule has 0 bridgehead atoms. The number of carbonyl (C=O) groups is 2. The minimum atomic E-state index is -0.296. The Balaban J connectivity index is 0.00000289. The van der Waals surface area contributed by atoms with Gasteiger partial charge in [-0.15, -0.1) is 12.4 Å². The summed E-state index contributed by atoms with van der Waals surface area (Å²) < 4.78 is 5.66. The van der Waals surface area contributed by atoms with Gasteiger partial charge in [-0.3, -0.25) is 9.69 Å². The van der Waals surface area contributed by atoms with Crippen molar-refractivity contribution in [3.05, 3.63) is 71.8 Å². The molecule has 5 nitrogen and oxygen atoms in total. The van der Waals surface area contributed by atoms with E-state index < -0.39 is 0 Å². The summed E-state index contributed by atoms with van der Waals surface area (Å²) in [6, 6.07) is 17.1. The van der Waals surface area contributed by atoms with Gasteiger partial charge < -0.3 is 10.1 Å². The lowest BCUT2D eigenvalue weighted by atomic mass is 9.84. The lowest BCUT2D eigenvalue weighted by molar-refractivity contribution is -0.111. The molecule has 2 aromatic carbocycles. The highest BCUT2D eigenvalue weighted by Gasteiger charge is 2.33. The van der Waals surface area contributed by atoms with E-state index in [0.717, 1.165) is 12.0 Å². The van der Waals surface area contributed by atoms with E-state index in [9.17, 15) is 9.59 Å². The molecule has 0 unspecified atom stereocenters. The van der Waals surface area contributed by atoms with Gasteiger partial charge in [-0.25, -0.2) is 4.79 Å². The fourth-order valence-corrected chi connectivity index (χ4v) is 4.65. The van der Waals surface area contributed by atoms with Crippen molar-refractivity contribution in [3.63, 3.8) is 0 Å². The van der Waals surface area contributed by atoms with Gasteiger partial charge in [0.25, 0.3) is 0 Å². The quantitative estimate of drug-likeness (QED) is 0.482. The number of piperidine rings is 2. The lowest BCUT2D eigenvalue weighted by Gasteiger charge is -2.44. The molecule has 2 aliphatic heterocycles. The summed E-state index contributed by atoms with van der Waals surface area (Å²) in [5.41, 5.74) is 2.11. The number of halogens is 1. The molecule has 4 rings (SSSR count). The number of anilines is 1. The van der Waals surface area contributed by atoms with Crippen LogP contribution in [0.15, 0.2) is 60.7 Å². The summed E-state index contributed by atoms with van der Waals surface area (Å²) in [4.78, 5) is 27.2. The number of benzene rings is 2. The lowest BCUT2D eigenvalue weighted by Crippen LogP contribution is -2.49. The van der Waals surface area contributed by atoms with Crippen LogP contribution in [0.5, 0.6) is 0 Å². The first-order valence-corrected chi connectivity index (χ1v) is 11.2. The van der Waals surface area contributed by atoms with E-state index in [1.54, 1.807) is 30.3 Å². The first-order chi connectivity index (χ1) is 15.2. The van der Waals surface area contributed by atoms with Crippen LogP contribution >= 0.6 is 12.4 Å². The number of nitrogens with one attached hydrogen (secondary N) is 1. The number of carbonyl (C=O) groups excluding carboxylic acids is 2. The zero-order chi connectivity index (χ0) is 21.5. The van der Waals surface area contributed by atoms with Crippen molar-refractivity contribution in [3.8, 4) is 0 Å². The van der Waals surface area contributed by atoms with Gasteiger partial charge in [0.15, 0.2) is 0 Å². The van der Waals surface area contributed by atoms with E-state index in [4.69, 9.17) is 4.74 Å². The number of amides is 1. The molecule has 2 heterocycles. The first kappa shape index (κ1) is 24.0. The van der Waals surface area contributed by atoms with Crippen molar-refractivity contribution in [2.75, 3.05) is 25.0 Å². The van der Waals surface area contributed by atoms with E-state index in [1.165, 1.54) is 44.8 Å². The standard InChI is InChI=1S/C26H30N2O3.ClH/c29-25(16-11-20-7-2-1-3-8-20)27-23-14-12-21(13-15-23)26(30)31-19-22-9-6-18-28-17-5-4-10-24(22)28;/h1-3,7-8,11-16,22,24H,4-6,9-10,17-19H2,(H,27,29);1H/b16-11+;/t22-,24+;/m0./s1. The van der Waals surface area contributed by atoms with Gasteiger partial charge in [-0.1, -0.05) is 36.8 Å². The highest BCUT2D eigenvalue weighted by Crippen LogP contribution is 2.31. The molecule has 6 heteroatoms. The third-order valence-electron chi connectivity index (χ3n) is 6.27. The third-order valence-corrected chi connectivity index (χ3v) is 6.27. The Bertz CT molecular complexity index is 912. The molecule has 2 aliphatic rings. The molecule has 2 atom stereocenters. The summed E-state index contributed by atoms with van der Waals surface area (Å²) in [5, 5.41) is 2.81. The summed E-state index contributed by atoms with van der Waals surface area (Å²) in [5.74, 6) is -0.0729. The number of hydrogen-bond acceptors (Lipinski definition) is 4. The van der Waals surface area contributed by atoms with E-state index >= 15 is 0 Å². The summed E-state index contributed by atoms with van der Waals surface area (Å²) in [7, 11) is 0. The molecule has 2 fully saturated rings. The Labute approximate surface area is 196 Å². The summed E-state index contributed by atoms with van der Waals surface area (Å²) >= 11 is 0. The maximum Gasteiger partial charge on any atom is 0.338 e. The number of rotatable bonds is 6. The molecule has 0 radical (unpaired) electrons. The molecular weight excluding hydrogens is 424 g/mol. The first-order valence-electron chi connectivity index (χ1n) is 11.2. The van der Waals surface area contributed by atoms with Crippen LogP contribution in [0.25, 0.3) is 6.08 Å². The predicted octanol–water partition coefficient (Wildman–Crippen LogP) is 5.18. The molecule has 0 spiro atoms. The van der Waals surface area contributed by atoms with Gasteiger partial charge >= 0.3 is 5.97 Å². The highest BCUT2D eigenvalue weighted by atomic mass is 35.5. The number of fused-ring (bicyclic) bond motifs is 1. The fraction of sp³-hybridized carbons (Fsp3) is 0.385. The molecule has 2 saturated heterocycles. The molecular formula is C26H31ClN2O3. The van der Waals surface area contributed by atoms with Crippen molar-refractivity contribution >= 4 is 36.0 Å². The maximum absolute atomic E-state index is 12.5. The Morgan fingerprint density at radius 1 is 0.969 bits per heavy atom. The van der Waals surface area contributed by atoms with Crippen LogP contribution in [0, 0.1) is 5.92 Å². The van der Waals surface area contributed by atoms with E-state index in [0.29, 0.717) is 29.8 Å². The van der Waals surface area contributed by atoms with Crippen molar-refractivity contribution in [2.45, 2.75) is 38.1 Å². The topological polar surface area (TPSA) is 58.6 Å². The zero-order valence-corrected chi connectivity index (χ0v) is 19.1. The van der Waals surface area contributed by atoms with Gasteiger partial charge in [-0.2, -0.15) is 0 Å². The van der Waals surface area contributed by atoms with Crippen LogP contribution in [0.4, 0.5) is 5.69 Å². The summed E-state index contributed by atoms with van der Waals surface area (Å²) in [6.07, 6.45) is 9.36. The highest BCUT2D eigenvalue weighted by molar-refractivity contribution is 6.02. The zero-order valence-electron chi connectivity index (χ0n) is 18.2. The van der Waals surface area contributed by atoms with Crippen LogP contribution in [0.2, 0.25) is 0 Å². The van der Waals surface area contributed by atoms with Crippen LogP contribution < -0.4 is 5.32 Å². The monoisotopic (exact) mass is 454 g/mol. The van der Waals surface area contributed by atoms with Crippen LogP contribution in [-0.4, -0.2) is 42.5 Å². The fourth-order valence-electron chi connectivity index (χ4n) is 4.65. The second-order valence-electron chi connectivity index (χ2n) is 8.41. The van der Waals surface area contributed by atoms with Crippen molar-refractivity contribution in [2.24, 2.45) is 5.92 Å². The Hall–Kier alpha value is -2.63. The molecule has 0 aliphatic carbocycles. The summed E-state index contributed by atoms with van der Waals surface area (Å²) in [6.45, 7) is 2.86. The molecule has 0 saturated carbocycles. The largest absolute Gasteiger partial charge is 0.462 e. The van der Waals surface area contributed by atoms with Crippen LogP contribution in [0.3, 0.4) is 0 Å². The van der Waals surface area contributed by atoms with E-state index in [2.05, 4.69) is 10.2 Å². The van der Waals surface area contributed by atoms with Gasteiger partial charge in [0, 0.05) is 23.7 Å². The average molecular weight is 455 g/mol. The van der Waals surface area contributed by atoms with Crippen molar-refractivity contribution in [1.29, 1.82) is 0 Å². The average Bonchev–Trinajstić information content (AvgIpc) is 2.82. The van der Waals surface area contributed by atoms with Crippen LogP contribution in [0.1, 0.15) is 48.0 Å². The number of esters is 1. The minimum Gasteiger partial charge on any atom is -0.462 e. The number of nitrogens with zero attached hydrogens (tertiary/aromatic N) is 1. The van der Waals surface area contributed by atoms with Crippen molar-refractivity contribution < 1.29 is 14.3 Å². The molecule has 1 N–H and O–H groups in total. The maximum atomic E-state index is 12.5. The molecule has 170 valence electrons. The van der Waals surface area contributed by atoms with Gasteiger partial charge in [0.2, 0.25) is 5.91 Å². The Morgan fingerprint density at radius 3 is 2.50 bits per heavy atom. The smallest absolute Gasteiger partial charge is 0.338 e. The third kappa shape index (κ3) is 6.44. The van der Waals surface area contributed by atoms with E-state index in [1.807, 2.05) is 30.3 Å². The van der Waals surface area contributed by atoms with Gasteiger partial charge in [0.1, 0.15) is 0 Å². The second-order valence-corrected chi connectivity index (χ2v) is 8.41. The predicted molar refractivity (Wildman–Crippen MR) is 130 cm³/mol. The minimum absolute atomic E-state index is 0. The Kier molecular flexibility index (Phi) is 8.89. The van der Waals surface area contributed by atoms with Gasteiger partial charge in [-0.05, 0) is 74.7 Å². The molecule has 2 aromatic rings. The molecule has 1 amide bonds. The van der Waals surface area contributed by atoms with Crippen molar-refractivity contribution in [1.82, 2.24) is 4.90 Å². The van der Waals surface area contributed by atoms with Crippen LogP contribution in [-0.2, 0) is 9.53 Å². The SMILES string of the molecule is Cl.O=C(/C=C/c1ccccc1)Nc1ccc(C(=O)OC[C@@H]2CCCN3CCCC[C@H]23)cc1. The molecule has 32 heavy (non-hydrogen) atoms.